The summed E-state index contributed by atoms with van der Waals surface area (Å²) in [6.45, 7) is 3.76. The Balaban J connectivity index is 1.47. The van der Waals surface area contributed by atoms with E-state index in [1.54, 1.807) is 0 Å². The zero-order valence-corrected chi connectivity index (χ0v) is 19.4. The fourth-order valence-corrected chi connectivity index (χ4v) is 5.31. The maximum Gasteiger partial charge on any atom is 0.223 e. The Kier molecular flexibility index (Phi) is 7.91. The molecule has 0 unspecified atom stereocenters. The van der Waals surface area contributed by atoms with Crippen LogP contribution in [-0.4, -0.2) is 38.3 Å². The Labute approximate surface area is 186 Å². The number of sulfonamides is 1. The van der Waals surface area contributed by atoms with E-state index < -0.39 is 10.0 Å². The van der Waals surface area contributed by atoms with Gasteiger partial charge in [-0.1, -0.05) is 40.2 Å². The van der Waals surface area contributed by atoms with Crippen LogP contribution in [0.15, 0.2) is 53.0 Å². The van der Waals surface area contributed by atoms with Gasteiger partial charge in [-0.05, 0) is 55.2 Å². The fraction of sp³-hybridized carbons (Fsp3) is 0.409. The number of ether oxygens (including phenoxy) is 1. The highest BCUT2D eigenvalue weighted by Gasteiger charge is 2.31. The molecule has 3 rings (SSSR count). The summed E-state index contributed by atoms with van der Waals surface area (Å²) < 4.78 is 33.3. The summed E-state index contributed by atoms with van der Waals surface area (Å²) in [4.78, 5) is 12.5. The number of benzene rings is 2. The normalized spacial score (nSPS) is 15.7. The monoisotopic (exact) mass is 494 g/mol. The van der Waals surface area contributed by atoms with E-state index in [-0.39, 0.29) is 17.6 Å². The van der Waals surface area contributed by atoms with Crippen molar-refractivity contribution in [2.45, 2.75) is 32.1 Å². The number of piperidine rings is 1. The lowest BCUT2D eigenvalue weighted by atomic mass is 9.97. The van der Waals surface area contributed by atoms with E-state index in [1.807, 2.05) is 55.5 Å². The minimum Gasteiger partial charge on any atom is -0.494 e. The van der Waals surface area contributed by atoms with Gasteiger partial charge in [0.2, 0.25) is 15.9 Å². The summed E-state index contributed by atoms with van der Waals surface area (Å²) in [6, 6.07) is 14.9. The molecule has 30 heavy (non-hydrogen) atoms. The van der Waals surface area contributed by atoms with Gasteiger partial charge in [-0.15, -0.1) is 0 Å². The first kappa shape index (κ1) is 22.8. The van der Waals surface area contributed by atoms with Crippen molar-refractivity contribution in [1.29, 1.82) is 0 Å². The molecule has 1 amide bonds. The highest BCUT2D eigenvalue weighted by Crippen LogP contribution is 2.23. The summed E-state index contributed by atoms with van der Waals surface area (Å²) in [6.07, 6.45) is 1.07. The Morgan fingerprint density at radius 1 is 1.07 bits per heavy atom. The minimum atomic E-state index is -3.39. The second-order valence-corrected chi connectivity index (χ2v) is 10.2. The summed E-state index contributed by atoms with van der Waals surface area (Å²) in [5.41, 5.74) is 1.76. The fourth-order valence-electron chi connectivity index (χ4n) is 3.48. The number of nitrogens with zero attached hydrogens (tertiary/aromatic N) is 1. The molecule has 0 radical (unpaired) electrons. The van der Waals surface area contributed by atoms with E-state index in [0.717, 1.165) is 21.3 Å². The number of rotatable bonds is 8. The van der Waals surface area contributed by atoms with Gasteiger partial charge in [0.05, 0.1) is 12.4 Å². The average Bonchev–Trinajstić information content (AvgIpc) is 2.75. The molecule has 0 atom stereocenters. The highest BCUT2D eigenvalue weighted by molar-refractivity contribution is 9.10. The topological polar surface area (TPSA) is 75.7 Å². The zero-order valence-electron chi connectivity index (χ0n) is 17.0. The molecule has 1 fully saturated rings. The molecule has 1 aliphatic rings. The Morgan fingerprint density at radius 2 is 1.67 bits per heavy atom. The van der Waals surface area contributed by atoms with Gasteiger partial charge in [0.15, 0.2) is 0 Å². The van der Waals surface area contributed by atoms with Crippen LogP contribution in [0, 0.1) is 5.92 Å². The number of halogens is 1. The SMILES string of the molecule is CCOc1ccc(CNC(=O)C2CCN(S(=O)(=O)Cc3ccc(Br)cc3)CC2)cc1. The van der Waals surface area contributed by atoms with Gasteiger partial charge in [-0.2, -0.15) is 0 Å². The molecule has 0 spiro atoms. The first-order chi connectivity index (χ1) is 14.4. The van der Waals surface area contributed by atoms with Gasteiger partial charge in [0.1, 0.15) is 5.75 Å². The summed E-state index contributed by atoms with van der Waals surface area (Å²) in [5, 5.41) is 2.97. The van der Waals surface area contributed by atoms with Gasteiger partial charge in [-0.25, -0.2) is 12.7 Å². The molecule has 1 aliphatic heterocycles. The quantitative estimate of drug-likeness (QED) is 0.606. The van der Waals surface area contributed by atoms with Gasteiger partial charge < -0.3 is 10.1 Å². The molecular weight excluding hydrogens is 468 g/mol. The van der Waals surface area contributed by atoms with Crippen LogP contribution >= 0.6 is 15.9 Å². The second kappa shape index (κ2) is 10.4. The van der Waals surface area contributed by atoms with Crippen LogP contribution in [0.1, 0.15) is 30.9 Å². The van der Waals surface area contributed by atoms with E-state index in [1.165, 1.54) is 4.31 Å². The molecule has 1 heterocycles. The van der Waals surface area contributed by atoms with Crippen LogP contribution in [-0.2, 0) is 27.1 Å². The van der Waals surface area contributed by atoms with Crippen LogP contribution in [0.25, 0.3) is 0 Å². The molecule has 2 aromatic rings. The van der Waals surface area contributed by atoms with Gasteiger partial charge in [0, 0.05) is 30.0 Å². The lowest BCUT2D eigenvalue weighted by Gasteiger charge is -2.30. The van der Waals surface area contributed by atoms with Gasteiger partial charge >= 0.3 is 0 Å². The number of hydrogen-bond donors (Lipinski definition) is 1. The third-order valence-electron chi connectivity index (χ3n) is 5.18. The molecule has 1 N–H and O–H groups in total. The second-order valence-electron chi connectivity index (χ2n) is 7.35. The largest absolute Gasteiger partial charge is 0.494 e. The standard InChI is InChI=1S/C22H27BrN2O4S/c1-2-29-21-9-5-17(6-10-21)15-24-22(26)19-11-13-25(14-12-19)30(27,28)16-18-3-7-20(23)8-4-18/h3-10,19H,2,11-16H2,1H3,(H,24,26). The van der Waals surface area contributed by atoms with Crippen molar-refractivity contribution in [3.05, 3.63) is 64.1 Å². The predicted octanol–water partition coefficient (Wildman–Crippen LogP) is 3.71. The van der Waals surface area contributed by atoms with Crippen LogP contribution in [0.2, 0.25) is 0 Å². The summed E-state index contributed by atoms with van der Waals surface area (Å²) in [7, 11) is -3.39. The maximum atomic E-state index is 12.7. The van der Waals surface area contributed by atoms with Crippen molar-refractivity contribution in [1.82, 2.24) is 9.62 Å². The van der Waals surface area contributed by atoms with Gasteiger partial charge in [-0.3, -0.25) is 4.79 Å². The number of nitrogens with one attached hydrogen (secondary N) is 1. The molecule has 0 saturated carbocycles. The van der Waals surface area contributed by atoms with Crippen LogP contribution < -0.4 is 10.1 Å². The molecule has 0 aliphatic carbocycles. The summed E-state index contributed by atoms with van der Waals surface area (Å²) in [5.74, 6) is 0.611. The molecular formula is C22H27BrN2O4S. The Bertz CT molecular complexity index is 938. The molecule has 0 aromatic heterocycles. The van der Waals surface area contributed by atoms with Crippen molar-refractivity contribution in [2.75, 3.05) is 19.7 Å². The van der Waals surface area contributed by atoms with Crippen molar-refractivity contribution < 1.29 is 17.9 Å². The number of carbonyl (C=O) groups is 1. The number of carbonyl (C=O) groups excluding carboxylic acids is 1. The average molecular weight is 495 g/mol. The molecule has 6 nitrogen and oxygen atoms in total. The van der Waals surface area contributed by atoms with Crippen molar-refractivity contribution >= 4 is 31.9 Å². The highest BCUT2D eigenvalue weighted by atomic mass is 79.9. The van der Waals surface area contributed by atoms with Crippen molar-refractivity contribution in [3.8, 4) is 5.75 Å². The van der Waals surface area contributed by atoms with Crippen LogP contribution in [0.3, 0.4) is 0 Å². The van der Waals surface area contributed by atoms with E-state index in [4.69, 9.17) is 4.74 Å². The molecule has 2 aromatic carbocycles. The van der Waals surface area contributed by atoms with E-state index >= 15 is 0 Å². The third-order valence-corrected chi connectivity index (χ3v) is 7.56. The first-order valence-electron chi connectivity index (χ1n) is 10.1. The summed E-state index contributed by atoms with van der Waals surface area (Å²) >= 11 is 3.36. The number of hydrogen-bond acceptors (Lipinski definition) is 4. The Hall–Kier alpha value is -1.90. The van der Waals surface area contributed by atoms with E-state index in [0.29, 0.717) is 39.1 Å². The third kappa shape index (κ3) is 6.30. The smallest absolute Gasteiger partial charge is 0.223 e. The minimum absolute atomic E-state index is 0.0190. The van der Waals surface area contributed by atoms with Gasteiger partial charge in [0.25, 0.3) is 0 Å². The van der Waals surface area contributed by atoms with Crippen molar-refractivity contribution in [3.63, 3.8) is 0 Å². The van der Waals surface area contributed by atoms with Crippen LogP contribution in [0.5, 0.6) is 5.75 Å². The predicted molar refractivity (Wildman–Crippen MR) is 121 cm³/mol. The molecule has 1 saturated heterocycles. The zero-order chi connectivity index (χ0) is 21.6. The maximum absolute atomic E-state index is 12.7. The first-order valence-corrected chi connectivity index (χ1v) is 12.5. The lowest BCUT2D eigenvalue weighted by Crippen LogP contribution is -2.43. The molecule has 162 valence electrons. The van der Waals surface area contributed by atoms with E-state index in [2.05, 4.69) is 21.2 Å². The Morgan fingerprint density at radius 3 is 2.27 bits per heavy atom. The lowest BCUT2D eigenvalue weighted by molar-refractivity contribution is -0.126. The molecule has 8 heteroatoms. The number of amides is 1. The molecule has 0 bridgehead atoms. The van der Waals surface area contributed by atoms with Crippen molar-refractivity contribution in [2.24, 2.45) is 5.92 Å². The van der Waals surface area contributed by atoms with E-state index in [9.17, 15) is 13.2 Å². The van der Waals surface area contributed by atoms with Crippen LogP contribution in [0.4, 0.5) is 0 Å².